The molecule has 0 N–H and O–H groups in total. The average molecular weight is 247 g/mol. The maximum Gasteiger partial charge on any atom is 0.172 e. The maximum atomic E-state index is 10.8. The second-order valence-electron chi connectivity index (χ2n) is 3.63. The first kappa shape index (κ1) is 12.1. The molecule has 1 aromatic carbocycles. The molecule has 0 unspecified atom stereocenters. The zero-order valence-electron chi connectivity index (χ0n) is 10.4. The summed E-state index contributed by atoms with van der Waals surface area (Å²) in [4.78, 5) is 10.8. The molecule has 0 amide bonds. The summed E-state index contributed by atoms with van der Waals surface area (Å²) in [6, 6.07) is 5.33. The summed E-state index contributed by atoms with van der Waals surface area (Å²) in [6.07, 6.45) is 0.672. The Morgan fingerprint density at radius 1 is 1.28 bits per heavy atom. The lowest BCUT2D eigenvalue weighted by molar-refractivity contribution is 0.111. The molecule has 2 aromatic rings. The highest BCUT2D eigenvalue weighted by Gasteiger charge is 2.14. The van der Waals surface area contributed by atoms with Crippen LogP contribution < -0.4 is 9.47 Å². The van der Waals surface area contributed by atoms with Crippen molar-refractivity contribution in [3.05, 3.63) is 29.6 Å². The minimum Gasteiger partial charge on any atom is -0.497 e. The largest absolute Gasteiger partial charge is 0.497 e. The number of rotatable bonds is 4. The number of hydrogen-bond donors (Lipinski definition) is 0. The highest BCUT2D eigenvalue weighted by atomic mass is 16.5. The van der Waals surface area contributed by atoms with E-state index >= 15 is 0 Å². The van der Waals surface area contributed by atoms with Gasteiger partial charge in [0.05, 0.1) is 19.9 Å². The molecule has 0 radical (unpaired) electrons. The number of nitrogens with zero attached hydrogens (tertiary/aromatic N) is 3. The molecule has 1 heterocycles. The van der Waals surface area contributed by atoms with Gasteiger partial charge in [0, 0.05) is 6.07 Å². The van der Waals surface area contributed by atoms with E-state index in [4.69, 9.17) is 9.47 Å². The number of ether oxygens (including phenoxy) is 2. The smallest absolute Gasteiger partial charge is 0.172 e. The van der Waals surface area contributed by atoms with Gasteiger partial charge in [0.25, 0.3) is 0 Å². The van der Waals surface area contributed by atoms with Crippen LogP contribution in [0, 0.1) is 6.92 Å². The van der Waals surface area contributed by atoms with Crippen LogP contribution in [0.1, 0.15) is 16.2 Å². The van der Waals surface area contributed by atoms with E-state index < -0.39 is 0 Å². The first-order valence-electron chi connectivity index (χ1n) is 5.31. The molecule has 94 valence electrons. The number of methoxy groups -OCH3 is 2. The van der Waals surface area contributed by atoms with Crippen molar-refractivity contribution in [2.24, 2.45) is 0 Å². The molecule has 0 spiro atoms. The van der Waals surface area contributed by atoms with Crippen LogP contribution in [0.15, 0.2) is 18.2 Å². The van der Waals surface area contributed by atoms with Crippen molar-refractivity contribution >= 4 is 6.29 Å². The van der Waals surface area contributed by atoms with Crippen LogP contribution in [0.2, 0.25) is 0 Å². The van der Waals surface area contributed by atoms with Crippen LogP contribution in [-0.2, 0) is 0 Å². The molecule has 0 bridgehead atoms. The Balaban J connectivity index is 2.60. The number of benzene rings is 1. The van der Waals surface area contributed by atoms with Crippen LogP contribution in [-0.4, -0.2) is 35.5 Å². The van der Waals surface area contributed by atoms with E-state index in [1.54, 1.807) is 44.0 Å². The fourth-order valence-corrected chi connectivity index (χ4v) is 1.64. The molecule has 0 saturated heterocycles. The lowest BCUT2D eigenvalue weighted by atomic mass is 10.2. The topological polar surface area (TPSA) is 66.2 Å². The molecule has 2 rings (SSSR count). The second-order valence-corrected chi connectivity index (χ2v) is 3.63. The molecular weight excluding hydrogens is 234 g/mol. The van der Waals surface area contributed by atoms with Gasteiger partial charge in [-0.05, 0) is 19.1 Å². The van der Waals surface area contributed by atoms with Gasteiger partial charge in [0.1, 0.15) is 22.9 Å². The number of aldehydes is 1. The Kier molecular flexibility index (Phi) is 3.27. The van der Waals surface area contributed by atoms with Crippen LogP contribution in [0.3, 0.4) is 0 Å². The van der Waals surface area contributed by atoms with Gasteiger partial charge in [0.15, 0.2) is 6.29 Å². The van der Waals surface area contributed by atoms with E-state index in [0.29, 0.717) is 34.9 Å². The Hall–Kier alpha value is -2.37. The third-order valence-electron chi connectivity index (χ3n) is 2.66. The molecule has 0 aliphatic rings. The van der Waals surface area contributed by atoms with Gasteiger partial charge < -0.3 is 9.47 Å². The van der Waals surface area contributed by atoms with E-state index in [-0.39, 0.29) is 0 Å². The summed E-state index contributed by atoms with van der Waals surface area (Å²) in [5, 5.41) is 7.73. The lowest BCUT2D eigenvalue weighted by Crippen LogP contribution is -2.03. The highest BCUT2D eigenvalue weighted by Crippen LogP contribution is 2.27. The quantitative estimate of drug-likeness (QED) is 0.764. The summed E-state index contributed by atoms with van der Waals surface area (Å²) in [5.74, 6) is 1.30. The fourth-order valence-electron chi connectivity index (χ4n) is 1.64. The van der Waals surface area contributed by atoms with Gasteiger partial charge in [-0.2, -0.15) is 0 Å². The minimum atomic E-state index is 0.305. The van der Waals surface area contributed by atoms with E-state index in [2.05, 4.69) is 10.3 Å². The lowest BCUT2D eigenvalue weighted by Gasteiger charge is -2.10. The SMILES string of the molecule is COc1ccc(OC)c(-n2nnc(C=O)c2C)c1. The molecule has 1 aromatic heterocycles. The molecule has 6 heteroatoms. The van der Waals surface area contributed by atoms with Gasteiger partial charge in [-0.15, -0.1) is 5.10 Å². The first-order chi connectivity index (χ1) is 8.71. The van der Waals surface area contributed by atoms with Crippen LogP contribution >= 0.6 is 0 Å². The van der Waals surface area contributed by atoms with Gasteiger partial charge in [-0.1, -0.05) is 5.21 Å². The molecule has 0 atom stereocenters. The monoisotopic (exact) mass is 247 g/mol. The molecule has 0 fully saturated rings. The van der Waals surface area contributed by atoms with E-state index in [1.807, 2.05) is 0 Å². The Morgan fingerprint density at radius 2 is 2.06 bits per heavy atom. The third-order valence-corrected chi connectivity index (χ3v) is 2.66. The number of carbonyl (C=O) groups is 1. The highest BCUT2D eigenvalue weighted by molar-refractivity contribution is 5.73. The summed E-state index contributed by atoms with van der Waals surface area (Å²) in [5.41, 5.74) is 1.63. The molecule has 6 nitrogen and oxygen atoms in total. The summed E-state index contributed by atoms with van der Waals surface area (Å²) in [6.45, 7) is 1.77. The van der Waals surface area contributed by atoms with Gasteiger partial charge >= 0.3 is 0 Å². The predicted molar refractivity (Wildman–Crippen MR) is 64.6 cm³/mol. The Morgan fingerprint density at radius 3 is 2.61 bits per heavy atom. The van der Waals surface area contributed by atoms with E-state index in [0.717, 1.165) is 0 Å². The fraction of sp³-hybridized carbons (Fsp3) is 0.250. The summed E-state index contributed by atoms with van der Waals surface area (Å²) < 4.78 is 12.0. The van der Waals surface area contributed by atoms with Crippen molar-refractivity contribution in [1.82, 2.24) is 15.0 Å². The van der Waals surface area contributed by atoms with Gasteiger partial charge in [-0.25, -0.2) is 4.68 Å². The van der Waals surface area contributed by atoms with Gasteiger partial charge in [0.2, 0.25) is 0 Å². The van der Waals surface area contributed by atoms with Crippen molar-refractivity contribution in [2.75, 3.05) is 14.2 Å². The second kappa shape index (κ2) is 4.87. The molecule has 18 heavy (non-hydrogen) atoms. The summed E-state index contributed by atoms with van der Waals surface area (Å²) >= 11 is 0. The van der Waals surface area contributed by atoms with Crippen LogP contribution in [0.4, 0.5) is 0 Å². The normalized spacial score (nSPS) is 10.2. The van der Waals surface area contributed by atoms with Crippen LogP contribution in [0.25, 0.3) is 5.69 Å². The molecule has 0 aliphatic heterocycles. The van der Waals surface area contributed by atoms with Crippen molar-refractivity contribution < 1.29 is 14.3 Å². The van der Waals surface area contributed by atoms with Crippen molar-refractivity contribution in [3.8, 4) is 17.2 Å². The summed E-state index contributed by atoms with van der Waals surface area (Å²) in [7, 11) is 3.15. The van der Waals surface area contributed by atoms with E-state index in [1.165, 1.54) is 0 Å². The molecular formula is C12H13N3O3. The predicted octanol–water partition coefficient (Wildman–Crippen LogP) is 1.41. The zero-order chi connectivity index (χ0) is 13.1. The molecule has 0 aliphatic carbocycles. The first-order valence-corrected chi connectivity index (χ1v) is 5.31. The number of hydrogen-bond acceptors (Lipinski definition) is 5. The molecule has 0 saturated carbocycles. The third kappa shape index (κ3) is 1.92. The van der Waals surface area contributed by atoms with Gasteiger partial charge in [-0.3, -0.25) is 4.79 Å². The van der Waals surface area contributed by atoms with Crippen molar-refractivity contribution in [2.45, 2.75) is 6.92 Å². The Labute approximate surface area is 104 Å². The van der Waals surface area contributed by atoms with Crippen molar-refractivity contribution in [1.29, 1.82) is 0 Å². The minimum absolute atomic E-state index is 0.305. The van der Waals surface area contributed by atoms with Crippen molar-refractivity contribution in [3.63, 3.8) is 0 Å². The standard InChI is InChI=1S/C12H13N3O3/c1-8-10(7-16)13-14-15(8)11-6-9(17-2)4-5-12(11)18-3/h4-7H,1-3H3. The Bertz CT molecular complexity index is 578. The zero-order valence-corrected chi connectivity index (χ0v) is 10.4. The number of aromatic nitrogens is 3. The van der Waals surface area contributed by atoms with E-state index in [9.17, 15) is 4.79 Å². The number of carbonyl (C=O) groups excluding carboxylic acids is 1. The maximum absolute atomic E-state index is 10.8. The average Bonchev–Trinajstić information content (AvgIpc) is 2.78. The van der Waals surface area contributed by atoms with Crippen LogP contribution in [0.5, 0.6) is 11.5 Å².